The van der Waals surface area contributed by atoms with E-state index in [0.29, 0.717) is 0 Å². The molecule has 2 rings (SSSR count). The molecule has 1 aliphatic heterocycles. The molecular formula is C14H23N3O4. The van der Waals surface area contributed by atoms with E-state index >= 15 is 0 Å². The lowest BCUT2D eigenvalue weighted by molar-refractivity contribution is -0.136. The van der Waals surface area contributed by atoms with E-state index in [-0.39, 0.29) is 24.3 Å². The summed E-state index contributed by atoms with van der Waals surface area (Å²) in [7, 11) is 1.60. The number of nitrogens with zero attached hydrogens (tertiary/aromatic N) is 2. The molecule has 0 spiro atoms. The van der Waals surface area contributed by atoms with Crippen molar-refractivity contribution in [2.75, 3.05) is 7.05 Å². The molecular weight excluding hydrogens is 274 g/mol. The Balaban J connectivity index is 2.29. The lowest BCUT2D eigenvalue weighted by Crippen LogP contribution is -2.48. The highest BCUT2D eigenvalue weighted by molar-refractivity contribution is 6.07. The summed E-state index contributed by atoms with van der Waals surface area (Å²) >= 11 is 0. The van der Waals surface area contributed by atoms with Gasteiger partial charge in [0.1, 0.15) is 5.54 Å². The van der Waals surface area contributed by atoms with E-state index in [1.807, 2.05) is 0 Å². The number of hydrogen-bond acceptors (Lipinski definition) is 4. The molecule has 21 heavy (non-hydrogen) atoms. The zero-order valence-corrected chi connectivity index (χ0v) is 12.8. The van der Waals surface area contributed by atoms with Crippen molar-refractivity contribution >= 4 is 17.8 Å². The standard InChI is InChI=1S/C14H23N3O4/c1-14(2)12(19)17(13(20)16(14)3)10(8-11(18)15-21)9-6-4-5-7-9/h9-10,21H,4-8H2,1-3H3,(H,15,18). The van der Waals surface area contributed by atoms with Crippen molar-refractivity contribution in [2.24, 2.45) is 5.92 Å². The molecule has 7 nitrogen and oxygen atoms in total. The Labute approximate surface area is 124 Å². The summed E-state index contributed by atoms with van der Waals surface area (Å²) < 4.78 is 0. The van der Waals surface area contributed by atoms with Crippen LogP contribution in [-0.2, 0) is 9.59 Å². The zero-order chi connectivity index (χ0) is 15.8. The number of carbonyl (C=O) groups is 3. The molecule has 1 saturated heterocycles. The van der Waals surface area contributed by atoms with Gasteiger partial charge in [0.2, 0.25) is 5.91 Å². The summed E-state index contributed by atoms with van der Waals surface area (Å²) in [5, 5.41) is 8.76. The average molecular weight is 297 g/mol. The molecule has 0 radical (unpaired) electrons. The second kappa shape index (κ2) is 5.63. The van der Waals surface area contributed by atoms with E-state index in [0.717, 1.165) is 25.7 Å². The quantitative estimate of drug-likeness (QED) is 0.462. The predicted octanol–water partition coefficient (Wildman–Crippen LogP) is 1.11. The molecule has 2 N–H and O–H groups in total. The first-order valence-electron chi connectivity index (χ1n) is 7.35. The molecule has 118 valence electrons. The van der Waals surface area contributed by atoms with Gasteiger partial charge in [0.15, 0.2) is 0 Å². The highest BCUT2D eigenvalue weighted by atomic mass is 16.5. The Morgan fingerprint density at radius 1 is 1.38 bits per heavy atom. The average Bonchev–Trinajstić information content (AvgIpc) is 3.02. The van der Waals surface area contributed by atoms with Gasteiger partial charge in [0.05, 0.1) is 12.5 Å². The molecule has 7 heteroatoms. The van der Waals surface area contributed by atoms with Crippen molar-refractivity contribution in [1.82, 2.24) is 15.3 Å². The number of imide groups is 1. The van der Waals surface area contributed by atoms with Gasteiger partial charge in [-0.05, 0) is 32.6 Å². The van der Waals surface area contributed by atoms with Crippen LogP contribution in [0.15, 0.2) is 0 Å². The molecule has 0 aromatic rings. The third kappa shape index (κ3) is 2.62. The minimum atomic E-state index is -0.899. The first kappa shape index (κ1) is 15.8. The van der Waals surface area contributed by atoms with E-state index in [4.69, 9.17) is 5.21 Å². The summed E-state index contributed by atoms with van der Waals surface area (Å²) in [6.07, 6.45) is 3.81. The molecule has 0 bridgehead atoms. The molecule has 1 atom stereocenters. The monoisotopic (exact) mass is 297 g/mol. The van der Waals surface area contributed by atoms with Crippen LogP contribution in [0.1, 0.15) is 46.0 Å². The predicted molar refractivity (Wildman–Crippen MR) is 74.4 cm³/mol. The van der Waals surface area contributed by atoms with Gasteiger partial charge in [0.25, 0.3) is 5.91 Å². The fourth-order valence-corrected chi connectivity index (χ4v) is 3.26. The molecule has 4 amide bonds. The van der Waals surface area contributed by atoms with Crippen LogP contribution in [0.25, 0.3) is 0 Å². The van der Waals surface area contributed by atoms with Gasteiger partial charge in [-0.15, -0.1) is 0 Å². The summed E-state index contributed by atoms with van der Waals surface area (Å²) in [4.78, 5) is 39.2. The summed E-state index contributed by atoms with van der Waals surface area (Å²) in [6, 6.07) is -0.850. The van der Waals surface area contributed by atoms with Crippen LogP contribution in [-0.4, -0.2) is 51.5 Å². The van der Waals surface area contributed by atoms with Gasteiger partial charge in [-0.1, -0.05) is 12.8 Å². The molecule has 1 saturated carbocycles. The number of urea groups is 1. The van der Waals surface area contributed by atoms with Crippen molar-refractivity contribution in [2.45, 2.75) is 57.5 Å². The summed E-state index contributed by atoms with van der Waals surface area (Å²) in [5.41, 5.74) is 0.703. The first-order valence-corrected chi connectivity index (χ1v) is 7.35. The number of nitrogens with one attached hydrogen (secondary N) is 1. The van der Waals surface area contributed by atoms with Gasteiger partial charge in [-0.25, -0.2) is 10.3 Å². The Kier molecular flexibility index (Phi) is 4.22. The van der Waals surface area contributed by atoms with Crippen LogP contribution >= 0.6 is 0 Å². The van der Waals surface area contributed by atoms with Crippen LogP contribution in [0.2, 0.25) is 0 Å². The van der Waals surface area contributed by atoms with Crippen LogP contribution in [0.3, 0.4) is 0 Å². The Morgan fingerprint density at radius 2 is 1.95 bits per heavy atom. The molecule has 2 fully saturated rings. The number of hydrogen-bond donors (Lipinski definition) is 2. The van der Waals surface area contributed by atoms with Crippen molar-refractivity contribution in [1.29, 1.82) is 0 Å². The lowest BCUT2D eigenvalue weighted by Gasteiger charge is -2.30. The van der Waals surface area contributed by atoms with Crippen molar-refractivity contribution in [3.63, 3.8) is 0 Å². The highest BCUT2D eigenvalue weighted by Crippen LogP contribution is 2.36. The van der Waals surface area contributed by atoms with E-state index in [1.165, 1.54) is 9.80 Å². The van der Waals surface area contributed by atoms with Crippen molar-refractivity contribution in [3.05, 3.63) is 0 Å². The van der Waals surface area contributed by atoms with Gasteiger partial charge in [0, 0.05) is 7.05 Å². The van der Waals surface area contributed by atoms with Gasteiger partial charge < -0.3 is 4.90 Å². The minimum absolute atomic E-state index is 0.0530. The normalized spacial score (nSPS) is 23.8. The second-order valence-electron chi connectivity index (χ2n) is 6.43. The van der Waals surface area contributed by atoms with Crippen molar-refractivity contribution in [3.8, 4) is 0 Å². The maximum Gasteiger partial charge on any atom is 0.327 e. The smallest absolute Gasteiger partial charge is 0.313 e. The third-order valence-electron chi connectivity index (χ3n) is 4.87. The van der Waals surface area contributed by atoms with Gasteiger partial charge in [-0.2, -0.15) is 0 Å². The molecule has 1 aliphatic carbocycles. The number of hydroxylamine groups is 1. The lowest BCUT2D eigenvalue weighted by atomic mass is 9.92. The Bertz CT molecular complexity index is 457. The van der Waals surface area contributed by atoms with E-state index in [1.54, 1.807) is 26.4 Å². The van der Waals surface area contributed by atoms with E-state index < -0.39 is 17.5 Å². The molecule has 1 unspecified atom stereocenters. The van der Waals surface area contributed by atoms with Crippen LogP contribution < -0.4 is 5.48 Å². The number of amides is 4. The summed E-state index contributed by atoms with van der Waals surface area (Å²) in [6.45, 7) is 3.40. The third-order valence-corrected chi connectivity index (χ3v) is 4.87. The Hall–Kier alpha value is -1.63. The van der Waals surface area contributed by atoms with Crippen molar-refractivity contribution < 1.29 is 19.6 Å². The topological polar surface area (TPSA) is 90.0 Å². The number of rotatable bonds is 4. The van der Waals surface area contributed by atoms with E-state index in [2.05, 4.69) is 0 Å². The maximum atomic E-state index is 12.6. The van der Waals surface area contributed by atoms with Crippen LogP contribution in [0.4, 0.5) is 4.79 Å². The van der Waals surface area contributed by atoms with E-state index in [9.17, 15) is 14.4 Å². The fraction of sp³-hybridized carbons (Fsp3) is 0.786. The molecule has 0 aromatic heterocycles. The second-order valence-corrected chi connectivity index (χ2v) is 6.43. The maximum absolute atomic E-state index is 12.6. The highest BCUT2D eigenvalue weighted by Gasteiger charge is 2.53. The van der Waals surface area contributed by atoms with Gasteiger partial charge in [-0.3, -0.25) is 19.7 Å². The first-order chi connectivity index (χ1) is 9.80. The van der Waals surface area contributed by atoms with Gasteiger partial charge >= 0.3 is 6.03 Å². The largest absolute Gasteiger partial charge is 0.327 e. The molecule has 1 heterocycles. The molecule has 2 aliphatic rings. The minimum Gasteiger partial charge on any atom is -0.313 e. The SMILES string of the molecule is CN1C(=O)N(C(CC(=O)NO)C2CCCC2)C(=O)C1(C)C. The van der Waals surface area contributed by atoms with Crippen LogP contribution in [0.5, 0.6) is 0 Å². The fourth-order valence-electron chi connectivity index (χ4n) is 3.26. The zero-order valence-electron chi connectivity index (χ0n) is 12.8. The van der Waals surface area contributed by atoms with Crippen LogP contribution in [0, 0.1) is 5.92 Å². The number of likely N-dealkylation sites (N-methyl/N-ethyl adjacent to an activating group) is 1. The summed E-state index contributed by atoms with van der Waals surface area (Å²) in [5.74, 6) is -0.727. The molecule has 0 aromatic carbocycles. The Morgan fingerprint density at radius 3 is 2.38 bits per heavy atom. The number of carbonyl (C=O) groups excluding carboxylic acids is 3.